The van der Waals surface area contributed by atoms with Crippen LogP contribution in [-0.4, -0.2) is 69.7 Å². The van der Waals surface area contributed by atoms with Crippen molar-refractivity contribution in [3.63, 3.8) is 0 Å². The molecule has 2 atom stereocenters. The fourth-order valence-corrected chi connectivity index (χ4v) is 4.86. The largest absolute Gasteiger partial charge is 0.375 e. The van der Waals surface area contributed by atoms with E-state index in [4.69, 9.17) is 4.74 Å². The van der Waals surface area contributed by atoms with Gasteiger partial charge in [0.05, 0.1) is 5.41 Å². The molecular weight excluding hydrogens is 370 g/mol. The Morgan fingerprint density at radius 3 is 2.76 bits per heavy atom. The third-order valence-corrected chi connectivity index (χ3v) is 6.27. The van der Waals surface area contributed by atoms with Crippen LogP contribution in [0.25, 0.3) is 0 Å². The number of likely N-dealkylation sites (tertiary alicyclic amines) is 2. The van der Waals surface area contributed by atoms with Crippen molar-refractivity contribution in [3.8, 4) is 0 Å². The van der Waals surface area contributed by atoms with Gasteiger partial charge in [0.15, 0.2) is 0 Å². The van der Waals surface area contributed by atoms with Gasteiger partial charge in [0.1, 0.15) is 6.61 Å². The zero-order valence-electron chi connectivity index (χ0n) is 17.0. The molecular formula is C21H27N5O3. The first-order valence-electron chi connectivity index (χ1n) is 9.98. The van der Waals surface area contributed by atoms with E-state index in [0.29, 0.717) is 19.6 Å². The third kappa shape index (κ3) is 3.53. The van der Waals surface area contributed by atoms with Crippen LogP contribution in [0, 0.1) is 5.41 Å². The van der Waals surface area contributed by atoms with Crippen LogP contribution in [0.2, 0.25) is 0 Å². The van der Waals surface area contributed by atoms with Crippen LogP contribution in [0.15, 0.2) is 36.8 Å². The number of hydrogen-bond donors (Lipinski definition) is 0. The third-order valence-electron chi connectivity index (χ3n) is 6.27. The van der Waals surface area contributed by atoms with E-state index < -0.39 is 5.41 Å². The van der Waals surface area contributed by atoms with Crippen LogP contribution in [0.3, 0.4) is 0 Å². The number of aromatic nitrogens is 3. The number of pyridine rings is 1. The van der Waals surface area contributed by atoms with Crippen molar-refractivity contribution in [3.05, 3.63) is 48.0 Å². The van der Waals surface area contributed by atoms with Crippen LogP contribution in [0.1, 0.15) is 30.0 Å². The lowest BCUT2D eigenvalue weighted by Gasteiger charge is -2.42. The Morgan fingerprint density at radius 1 is 1.28 bits per heavy atom. The molecule has 8 heteroatoms. The van der Waals surface area contributed by atoms with Crippen molar-refractivity contribution in [1.82, 2.24) is 24.6 Å². The van der Waals surface area contributed by atoms with Gasteiger partial charge in [-0.2, -0.15) is 5.10 Å². The number of nitrogens with zero attached hydrogens (tertiary/aromatic N) is 5. The summed E-state index contributed by atoms with van der Waals surface area (Å²) in [5.74, 6) is -0.0291. The maximum Gasteiger partial charge on any atom is 0.248 e. The van der Waals surface area contributed by atoms with Crippen LogP contribution in [0.4, 0.5) is 0 Å². The SMILES string of the molecule is COCC(=O)N1C[C@@H](c2ccnn2C)[C@@]2(CCCN(Cc3ccncc3)C2=O)C1. The first kappa shape index (κ1) is 19.6. The maximum absolute atomic E-state index is 13.8. The van der Waals surface area contributed by atoms with E-state index in [9.17, 15) is 9.59 Å². The molecule has 2 aromatic rings. The summed E-state index contributed by atoms with van der Waals surface area (Å²) in [7, 11) is 3.41. The number of aryl methyl sites for hydroxylation is 1. The average molecular weight is 397 g/mol. The molecule has 0 radical (unpaired) electrons. The molecule has 0 unspecified atom stereocenters. The molecule has 8 nitrogen and oxygen atoms in total. The molecule has 2 aliphatic heterocycles. The second-order valence-electron chi connectivity index (χ2n) is 7.98. The Bertz CT molecular complexity index is 883. The van der Waals surface area contributed by atoms with Crippen LogP contribution in [0.5, 0.6) is 0 Å². The highest BCUT2D eigenvalue weighted by Crippen LogP contribution is 2.49. The predicted molar refractivity (Wildman–Crippen MR) is 106 cm³/mol. The fraction of sp³-hybridized carbons (Fsp3) is 0.524. The van der Waals surface area contributed by atoms with E-state index in [-0.39, 0.29) is 24.3 Å². The number of methoxy groups -OCH3 is 1. The van der Waals surface area contributed by atoms with Gasteiger partial charge in [-0.25, -0.2) is 0 Å². The van der Waals surface area contributed by atoms with Gasteiger partial charge in [0.2, 0.25) is 11.8 Å². The van der Waals surface area contributed by atoms with Crippen molar-refractivity contribution in [2.45, 2.75) is 25.3 Å². The van der Waals surface area contributed by atoms with E-state index in [2.05, 4.69) is 10.1 Å². The highest BCUT2D eigenvalue weighted by molar-refractivity contribution is 5.87. The molecule has 0 bridgehead atoms. The summed E-state index contributed by atoms with van der Waals surface area (Å²) in [6.45, 7) is 2.26. The van der Waals surface area contributed by atoms with Gasteiger partial charge in [-0.05, 0) is 36.6 Å². The molecule has 1 spiro atoms. The molecule has 29 heavy (non-hydrogen) atoms. The normalized spacial score (nSPS) is 24.5. The van der Waals surface area contributed by atoms with Crippen molar-refractivity contribution >= 4 is 11.8 Å². The molecule has 2 saturated heterocycles. The van der Waals surface area contributed by atoms with E-state index >= 15 is 0 Å². The van der Waals surface area contributed by atoms with E-state index in [1.807, 2.05) is 34.8 Å². The summed E-state index contributed by atoms with van der Waals surface area (Å²) in [4.78, 5) is 34.2. The zero-order chi connectivity index (χ0) is 20.4. The Morgan fingerprint density at radius 2 is 2.07 bits per heavy atom. The molecule has 2 fully saturated rings. The standard InChI is InChI=1S/C21H27N5O3/c1-24-18(6-10-23-24)17-13-26(19(27)14-29-2)15-21(17)7-3-11-25(20(21)28)12-16-4-8-22-9-5-16/h4-6,8-10,17H,3,7,11-15H2,1-2H3/t17-,21+/m0/s1. The highest BCUT2D eigenvalue weighted by Gasteiger charge is 2.56. The second kappa shape index (κ2) is 7.94. The summed E-state index contributed by atoms with van der Waals surface area (Å²) in [5, 5.41) is 4.31. The molecule has 2 amide bonds. The number of piperidine rings is 1. The smallest absolute Gasteiger partial charge is 0.248 e. The van der Waals surface area contributed by atoms with Gasteiger partial charge in [-0.1, -0.05) is 0 Å². The number of ether oxygens (including phenoxy) is 1. The first-order chi connectivity index (χ1) is 14.0. The topological polar surface area (TPSA) is 80.6 Å². The summed E-state index contributed by atoms with van der Waals surface area (Å²) < 4.78 is 6.88. The number of carbonyl (C=O) groups excluding carboxylic acids is 2. The summed E-state index contributed by atoms with van der Waals surface area (Å²) in [6, 6.07) is 5.85. The van der Waals surface area contributed by atoms with Gasteiger partial charge in [0, 0.05) is 70.5 Å². The minimum Gasteiger partial charge on any atom is -0.375 e. The first-order valence-corrected chi connectivity index (χ1v) is 9.98. The van der Waals surface area contributed by atoms with Gasteiger partial charge in [-0.3, -0.25) is 19.3 Å². The maximum atomic E-state index is 13.8. The predicted octanol–water partition coefficient (Wildman–Crippen LogP) is 1.20. The van der Waals surface area contributed by atoms with Gasteiger partial charge < -0.3 is 14.5 Å². The summed E-state index contributed by atoms with van der Waals surface area (Å²) in [6.07, 6.45) is 6.94. The Hall–Kier alpha value is -2.74. The molecule has 2 aromatic heterocycles. The minimum atomic E-state index is -0.623. The average Bonchev–Trinajstić information content (AvgIpc) is 3.31. The van der Waals surface area contributed by atoms with E-state index in [1.54, 1.807) is 23.5 Å². The van der Waals surface area contributed by atoms with Crippen molar-refractivity contribution in [2.24, 2.45) is 12.5 Å². The Balaban J connectivity index is 1.66. The molecule has 2 aliphatic rings. The Labute approximate surface area is 170 Å². The number of carbonyl (C=O) groups is 2. The Kier molecular flexibility index (Phi) is 5.36. The summed E-state index contributed by atoms with van der Waals surface area (Å²) >= 11 is 0. The quantitative estimate of drug-likeness (QED) is 0.757. The van der Waals surface area contributed by atoms with E-state index in [0.717, 1.165) is 30.6 Å². The van der Waals surface area contributed by atoms with E-state index in [1.165, 1.54) is 7.11 Å². The van der Waals surface area contributed by atoms with Crippen molar-refractivity contribution in [1.29, 1.82) is 0 Å². The molecule has 4 heterocycles. The number of hydrogen-bond acceptors (Lipinski definition) is 5. The lowest BCUT2D eigenvalue weighted by Crippen LogP contribution is -2.52. The van der Waals surface area contributed by atoms with Gasteiger partial charge >= 0.3 is 0 Å². The second-order valence-corrected chi connectivity index (χ2v) is 7.98. The molecule has 0 N–H and O–H groups in total. The monoisotopic (exact) mass is 397 g/mol. The number of amides is 2. The molecule has 0 aromatic carbocycles. The van der Waals surface area contributed by atoms with Crippen LogP contribution in [-0.2, 0) is 27.9 Å². The minimum absolute atomic E-state index is 0.0309. The lowest BCUT2D eigenvalue weighted by atomic mass is 9.70. The number of rotatable bonds is 5. The summed E-state index contributed by atoms with van der Waals surface area (Å²) in [5.41, 5.74) is 1.44. The fourth-order valence-electron chi connectivity index (χ4n) is 4.86. The van der Waals surface area contributed by atoms with Crippen molar-refractivity contribution < 1.29 is 14.3 Å². The highest BCUT2D eigenvalue weighted by atomic mass is 16.5. The molecule has 0 aliphatic carbocycles. The molecule has 4 rings (SSSR count). The van der Waals surface area contributed by atoms with Gasteiger partial charge in [0.25, 0.3) is 0 Å². The van der Waals surface area contributed by atoms with Crippen LogP contribution >= 0.6 is 0 Å². The van der Waals surface area contributed by atoms with Crippen LogP contribution < -0.4 is 0 Å². The van der Waals surface area contributed by atoms with Crippen molar-refractivity contribution in [2.75, 3.05) is 33.4 Å². The lowest BCUT2D eigenvalue weighted by molar-refractivity contribution is -0.148. The molecule has 0 saturated carbocycles. The van der Waals surface area contributed by atoms with Gasteiger partial charge in [-0.15, -0.1) is 0 Å². The molecule has 154 valence electrons. The zero-order valence-corrected chi connectivity index (χ0v) is 17.0.